The van der Waals surface area contributed by atoms with Gasteiger partial charge in [0.1, 0.15) is 0 Å². The van der Waals surface area contributed by atoms with Crippen LogP contribution >= 0.6 is 27.5 Å². The van der Waals surface area contributed by atoms with Crippen molar-refractivity contribution in [1.82, 2.24) is 5.32 Å². The van der Waals surface area contributed by atoms with Crippen LogP contribution in [0.4, 0.5) is 0 Å². The van der Waals surface area contributed by atoms with E-state index in [2.05, 4.69) is 40.2 Å². The lowest BCUT2D eigenvalue weighted by molar-refractivity contribution is 0.502. The number of terminal acetylenes is 1. The van der Waals surface area contributed by atoms with Crippen molar-refractivity contribution >= 4 is 27.5 Å². The first kappa shape index (κ1) is 14.6. The normalized spacial score (nSPS) is 12.1. The Morgan fingerprint density at radius 2 is 2.29 bits per heavy atom. The van der Waals surface area contributed by atoms with Crippen molar-refractivity contribution in [3.05, 3.63) is 33.3 Å². The molecule has 1 N–H and O–H groups in total. The Kier molecular flexibility index (Phi) is 6.65. The Balaban J connectivity index is 2.78. The minimum atomic E-state index is 0.286. The number of hydrogen-bond acceptors (Lipinski definition) is 1. The largest absolute Gasteiger partial charge is 0.310 e. The molecular weight excluding hydrogens is 298 g/mol. The maximum absolute atomic E-state index is 6.26. The lowest BCUT2D eigenvalue weighted by Crippen LogP contribution is -2.21. The molecule has 0 aliphatic carbocycles. The van der Waals surface area contributed by atoms with Crippen LogP contribution in [0.25, 0.3) is 0 Å². The summed E-state index contributed by atoms with van der Waals surface area (Å²) in [6, 6.07) is 6.30. The van der Waals surface area contributed by atoms with Crippen LogP contribution in [0.15, 0.2) is 22.7 Å². The highest BCUT2D eigenvalue weighted by Crippen LogP contribution is 2.29. The zero-order valence-electron chi connectivity index (χ0n) is 9.97. The summed E-state index contributed by atoms with van der Waals surface area (Å²) in [5.74, 6) is 2.67. The van der Waals surface area contributed by atoms with Crippen molar-refractivity contribution in [1.29, 1.82) is 0 Å². The third-order valence-corrected chi connectivity index (χ3v) is 3.42. The smallest absolute Gasteiger partial charge is 0.0465 e. The van der Waals surface area contributed by atoms with E-state index >= 15 is 0 Å². The van der Waals surface area contributed by atoms with E-state index < -0.39 is 0 Å². The van der Waals surface area contributed by atoms with Crippen molar-refractivity contribution in [3.8, 4) is 12.3 Å². The second-order valence-corrected chi connectivity index (χ2v) is 5.20. The molecular formula is C14H17BrClN. The van der Waals surface area contributed by atoms with E-state index in [9.17, 15) is 0 Å². The average Bonchev–Trinajstić information content (AvgIpc) is 2.28. The van der Waals surface area contributed by atoms with E-state index in [0.717, 1.165) is 40.9 Å². The van der Waals surface area contributed by atoms with Gasteiger partial charge < -0.3 is 5.32 Å². The van der Waals surface area contributed by atoms with E-state index in [1.807, 2.05) is 12.1 Å². The summed E-state index contributed by atoms with van der Waals surface area (Å²) in [6.07, 6.45) is 8.12. The summed E-state index contributed by atoms with van der Waals surface area (Å²) >= 11 is 9.68. The van der Waals surface area contributed by atoms with Crippen LogP contribution < -0.4 is 5.32 Å². The van der Waals surface area contributed by atoms with E-state index in [1.54, 1.807) is 0 Å². The third kappa shape index (κ3) is 4.71. The molecule has 0 saturated carbocycles. The van der Waals surface area contributed by atoms with Crippen molar-refractivity contribution < 1.29 is 0 Å². The molecule has 0 spiro atoms. The van der Waals surface area contributed by atoms with E-state index in [-0.39, 0.29) is 6.04 Å². The fourth-order valence-corrected chi connectivity index (χ4v) is 2.61. The molecule has 1 rings (SSSR count). The van der Waals surface area contributed by atoms with Crippen molar-refractivity contribution in [2.45, 2.75) is 32.2 Å². The van der Waals surface area contributed by atoms with Gasteiger partial charge in [0.15, 0.2) is 0 Å². The molecule has 0 fully saturated rings. The van der Waals surface area contributed by atoms with Crippen LogP contribution in [-0.2, 0) is 0 Å². The minimum absolute atomic E-state index is 0.286. The Hall–Kier alpha value is -0.490. The summed E-state index contributed by atoms with van der Waals surface area (Å²) in [6.45, 7) is 3.02. The molecule has 17 heavy (non-hydrogen) atoms. The molecule has 0 bridgehead atoms. The summed E-state index contributed by atoms with van der Waals surface area (Å²) < 4.78 is 1.00. The molecule has 3 heteroatoms. The first-order valence-corrected chi connectivity index (χ1v) is 6.98. The molecule has 0 aromatic heterocycles. The van der Waals surface area contributed by atoms with Gasteiger partial charge in [0, 0.05) is 22.0 Å². The standard InChI is InChI=1S/C14H17BrClN/c1-3-5-6-7-14(17-4-2)12-9-8-11(15)10-13(12)16/h1,8-10,14,17H,4-7H2,2H3. The Morgan fingerprint density at radius 3 is 2.88 bits per heavy atom. The maximum Gasteiger partial charge on any atom is 0.0465 e. The molecule has 0 amide bonds. The second kappa shape index (κ2) is 7.76. The quantitative estimate of drug-likeness (QED) is 0.599. The molecule has 0 heterocycles. The van der Waals surface area contributed by atoms with Crippen LogP contribution in [-0.4, -0.2) is 6.54 Å². The fourth-order valence-electron chi connectivity index (χ4n) is 1.81. The molecule has 0 radical (unpaired) electrons. The predicted molar refractivity (Wildman–Crippen MR) is 78.3 cm³/mol. The van der Waals surface area contributed by atoms with Crippen LogP contribution in [0.5, 0.6) is 0 Å². The highest BCUT2D eigenvalue weighted by atomic mass is 79.9. The predicted octanol–water partition coefficient (Wildman–Crippen LogP) is 4.56. The summed E-state index contributed by atoms with van der Waals surface area (Å²) in [7, 11) is 0. The zero-order valence-corrected chi connectivity index (χ0v) is 12.3. The molecule has 1 atom stereocenters. The van der Waals surface area contributed by atoms with Crippen molar-refractivity contribution in [3.63, 3.8) is 0 Å². The van der Waals surface area contributed by atoms with Gasteiger partial charge in [0.2, 0.25) is 0 Å². The van der Waals surface area contributed by atoms with Gasteiger partial charge in [-0.15, -0.1) is 12.3 Å². The summed E-state index contributed by atoms with van der Waals surface area (Å²) in [5.41, 5.74) is 1.15. The van der Waals surface area contributed by atoms with E-state index in [0.29, 0.717) is 0 Å². The number of halogens is 2. The topological polar surface area (TPSA) is 12.0 Å². The minimum Gasteiger partial charge on any atom is -0.310 e. The van der Waals surface area contributed by atoms with Gasteiger partial charge in [-0.2, -0.15) is 0 Å². The van der Waals surface area contributed by atoms with Crippen LogP contribution in [0.2, 0.25) is 5.02 Å². The Morgan fingerprint density at radius 1 is 1.53 bits per heavy atom. The average molecular weight is 315 g/mol. The fraction of sp³-hybridized carbons (Fsp3) is 0.429. The molecule has 1 nitrogen and oxygen atoms in total. The van der Waals surface area contributed by atoms with E-state index in [4.69, 9.17) is 18.0 Å². The molecule has 1 aromatic rings. The van der Waals surface area contributed by atoms with Gasteiger partial charge in [0.25, 0.3) is 0 Å². The zero-order chi connectivity index (χ0) is 12.7. The van der Waals surface area contributed by atoms with Gasteiger partial charge in [-0.1, -0.05) is 40.5 Å². The Bertz CT molecular complexity index is 398. The molecule has 1 aromatic carbocycles. The van der Waals surface area contributed by atoms with Crippen LogP contribution in [0, 0.1) is 12.3 Å². The highest BCUT2D eigenvalue weighted by Gasteiger charge is 2.13. The lowest BCUT2D eigenvalue weighted by atomic mass is 10.0. The monoisotopic (exact) mass is 313 g/mol. The first-order chi connectivity index (χ1) is 8.19. The number of benzene rings is 1. The SMILES string of the molecule is C#CCCCC(NCC)c1ccc(Br)cc1Cl. The van der Waals surface area contributed by atoms with Crippen LogP contribution in [0.1, 0.15) is 37.8 Å². The maximum atomic E-state index is 6.26. The second-order valence-electron chi connectivity index (χ2n) is 3.87. The molecule has 1 unspecified atom stereocenters. The number of nitrogens with one attached hydrogen (secondary N) is 1. The first-order valence-electron chi connectivity index (χ1n) is 5.80. The van der Waals surface area contributed by atoms with Gasteiger partial charge in [0.05, 0.1) is 0 Å². The number of rotatable bonds is 6. The van der Waals surface area contributed by atoms with E-state index in [1.165, 1.54) is 0 Å². The van der Waals surface area contributed by atoms with Gasteiger partial charge >= 0.3 is 0 Å². The van der Waals surface area contributed by atoms with Gasteiger partial charge in [-0.3, -0.25) is 0 Å². The number of unbranched alkanes of at least 4 members (excludes halogenated alkanes) is 1. The van der Waals surface area contributed by atoms with Crippen LogP contribution in [0.3, 0.4) is 0 Å². The number of hydrogen-bond donors (Lipinski definition) is 1. The van der Waals surface area contributed by atoms with Crippen molar-refractivity contribution in [2.24, 2.45) is 0 Å². The summed E-state index contributed by atoms with van der Waals surface area (Å²) in [4.78, 5) is 0. The molecule has 92 valence electrons. The van der Waals surface area contributed by atoms with Crippen molar-refractivity contribution in [2.75, 3.05) is 6.54 Å². The van der Waals surface area contributed by atoms with Gasteiger partial charge in [-0.05, 0) is 37.1 Å². The third-order valence-electron chi connectivity index (χ3n) is 2.60. The molecule has 0 aliphatic rings. The lowest BCUT2D eigenvalue weighted by Gasteiger charge is -2.19. The summed E-state index contributed by atoms with van der Waals surface area (Å²) in [5, 5.41) is 4.25. The highest BCUT2D eigenvalue weighted by molar-refractivity contribution is 9.10. The molecule has 0 saturated heterocycles. The molecule has 0 aliphatic heterocycles. The van der Waals surface area contributed by atoms with Gasteiger partial charge in [-0.25, -0.2) is 0 Å². The Labute approximate surface area is 117 Å².